The second-order valence-corrected chi connectivity index (χ2v) is 5.16. The summed E-state index contributed by atoms with van der Waals surface area (Å²) in [6, 6.07) is 4.37. The number of nitrogens with one attached hydrogen (secondary N) is 1. The van der Waals surface area contributed by atoms with Crippen molar-refractivity contribution < 1.29 is 4.74 Å². The Hall–Kier alpha value is -1.88. The molecule has 1 unspecified atom stereocenters. The van der Waals surface area contributed by atoms with Crippen molar-refractivity contribution in [2.24, 2.45) is 0 Å². The smallest absolute Gasteiger partial charge is 0.212 e. The number of nitrogens with zero attached hydrogens (tertiary/aromatic N) is 3. The Kier molecular flexibility index (Phi) is 3.97. The summed E-state index contributed by atoms with van der Waals surface area (Å²) < 4.78 is 7.28. The maximum absolute atomic E-state index is 5.08. The minimum atomic E-state index is 0.428. The Balaban J connectivity index is 1.75. The lowest BCUT2D eigenvalue weighted by Gasteiger charge is -2.24. The number of rotatable bonds is 4. The van der Waals surface area contributed by atoms with Gasteiger partial charge in [0.05, 0.1) is 25.7 Å². The van der Waals surface area contributed by atoms with Crippen LogP contribution in [0.3, 0.4) is 0 Å². The highest BCUT2D eigenvalue weighted by Crippen LogP contribution is 2.23. The van der Waals surface area contributed by atoms with Gasteiger partial charge in [-0.25, -0.2) is 9.97 Å². The zero-order valence-corrected chi connectivity index (χ0v) is 11.7. The Morgan fingerprint density at radius 1 is 1.35 bits per heavy atom. The average Bonchev–Trinajstić information content (AvgIpc) is 2.97. The third-order valence-electron chi connectivity index (χ3n) is 3.77. The van der Waals surface area contributed by atoms with Crippen LogP contribution < -0.4 is 10.1 Å². The first-order valence-electron chi connectivity index (χ1n) is 7.09. The predicted octanol–water partition coefficient (Wildman–Crippen LogP) is 2.15. The van der Waals surface area contributed by atoms with Crippen LogP contribution in [-0.2, 0) is 6.54 Å². The van der Waals surface area contributed by atoms with E-state index in [0.29, 0.717) is 11.9 Å². The lowest BCUT2D eigenvalue weighted by atomic mass is 10.0. The molecule has 20 heavy (non-hydrogen) atoms. The molecule has 1 atom stereocenters. The molecule has 0 radical (unpaired) electrons. The zero-order valence-electron chi connectivity index (χ0n) is 11.7. The van der Waals surface area contributed by atoms with Crippen molar-refractivity contribution in [3.8, 4) is 5.88 Å². The van der Waals surface area contributed by atoms with Gasteiger partial charge in [0.1, 0.15) is 0 Å². The van der Waals surface area contributed by atoms with Gasteiger partial charge in [-0.05, 0) is 24.9 Å². The van der Waals surface area contributed by atoms with E-state index >= 15 is 0 Å². The van der Waals surface area contributed by atoms with E-state index in [1.165, 1.54) is 25.0 Å². The first-order chi connectivity index (χ1) is 9.86. The molecule has 5 nitrogen and oxygen atoms in total. The normalized spacial score (nSPS) is 18.9. The molecule has 0 aromatic carbocycles. The van der Waals surface area contributed by atoms with Gasteiger partial charge in [0, 0.05) is 24.5 Å². The average molecular weight is 272 g/mol. The molecule has 1 aliphatic heterocycles. The maximum atomic E-state index is 5.08. The van der Waals surface area contributed by atoms with Crippen LogP contribution in [-0.4, -0.2) is 28.2 Å². The van der Waals surface area contributed by atoms with Gasteiger partial charge in [-0.1, -0.05) is 12.5 Å². The molecule has 1 aliphatic rings. The van der Waals surface area contributed by atoms with E-state index in [2.05, 4.69) is 19.9 Å². The fourth-order valence-electron chi connectivity index (χ4n) is 2.68. The lowest BCUT2D eigenvalue weighted by Crippen LogP contribution is -2.28. The summed E-state index contributed by atoms with van der Waals surface area (Å²) in [5.41, 5.74) is 2.42. The molecule has 2 aromatic rings. The maximum Gasteiger partial charge on any atom is 0.212 e. The molecule has 3 rings (SSSR count). The third kappa shape index (κ3) is 2.82. The second kappa shape index (κ2) is 6.05. The van der Waals surface area contributed by atoms with Crippen LogP contribution in [0.25, 0.3) is 0 Å². The quantitative estimate of drug-likeness (QED) is 0.926. The van der Waals surface area contributed by atoms with Crippen LogP contribution in [0.5, 0.6) is 5.88 Å². The Morgan fingerprint density at radius 3 is 3.00 bits per heavy atom. The minimum absolute atomic E-state index is 0.428. The zero-order chi connectivity index (χ0) is 13.8. The van der Waals surface area contributed by atoms with Crippen LogP contribution in [0.4, 0.5) is 0 Å². The molecule has 0 spiro atoms. The van der Waals surface area contributed by atoms with Crippen molar-refractivity contribution in [2.75, 3.05) is 13.7 Å². The molecule has 106 valence electrons. The molecule has 1 fully saturated rings. The van der Waals surface area contributed by atoms with Crippen LogP contribution in [0.15, 0.2) is 30.9 Å². The standard InChI is InChI=1S/C15H20N4O/c1-20-15-6-5-12(8-18-15)10-19-11-16-9-14(19)13-4-2-3-7-17-13/h5-6,8-9,11,13,17H,2-4,7,10H2,1H3. The summed E-state index contributed by atoms with van der Waals surface area (Å²) >= 11 is 0. The van der Waals surface area contributed by atoms with Gasteiger partial charge >= 0.3 is 0 Å². The second-order valence-electron chi connectivity index (χ2n) is 5.16. The number of hydrogen-bond acceptors (Lipinski definition) is 4. The molecular formula is C15H20N4O. The molecule has 1 saturated heterocycles. The SMILES string of the molecule is COc1ccc(Cn2cncc2C2CCCCN2)cn1. The van der Waals surface area contributed by atoms with Crippen molar-refractivity contribution in [1.29, 1.82) is 0 Å². The topological polar surface area (TPSA) is 52.0 Å². The Labute approximate surface area is 119 Å². The van der Waals surface area contributed by atoms with E-state index < -0.39 is 0 Å². The minimum Gasteiger partial charge on any atom is -0.481 e. The highest BCUT2D eigenvalue weighted by molar-refractivity contribution is 5.19. The summed E-state index contributed by atoms with van der Waals surface area (Å²) in [6.45, 7) is 1.89. The van der Waals surface area contributed by atoms with E-state index in [4.69, 9.17) is 4.74 Å². The fraction of sp³-hybridized carbons (Fsp3) is 0.467. The first kappa shape index (κ1) is 13.1. The molecule has 0 bridgehead atoms. The summed E-state index contributed by atoms with van der Waals surface area (Å²) in [5, 5.41) is 3.57. The Bertz CT molecular complexity index is 543. The number of hydrogen-bond donors (Lipinski definition) is 1. The van der Waals surface area contributed by atoms with E-state index in [1.807, 2.05) is 30.9 Å². The van der Waals surface area contributed by atoms with E-state index in [-0.39, 0.29) is 0 Å². The Morgan fingerprint density at radius 2 is 2.30 bits per heavy atom. The molecule has 5 heteroatoms. The number of piperidine rings is 1. The number of ether oxygens (including phenoxy) is 1. The number of pyridine rings is 1. The summed E-state index contributed by atoms with van der Waals surface area (Å²) in [6.07, 6.45) is 9.47. The van der Waals surface area contributed by atoms with Gasteiger partial charge in [-0.2, -0.15) is 0 Å². The lowest BCUT2D eigenvalue weighted by molar-refractivity contribution is 0.394. The summed E-state index contributed by atoms with van der Waals surface area (Å²) in [5.74, 6) is 0.647. The van der Waals surface area contributed by atoms with E-state index in [1.54, 1.807) is 7.11 Å². The fourth-order valence-corrected chi connectivity index (χ4v) is 2.68. The third-order valence-corrected chi connectivity index (χ3v) is 3.77. The first-order valence-corrected chi connectivity index (χ1v) is 7.09. The highest BCUT2D eigenvalue weighted by atomic mass is 16.5. The molecule has 0 amide bonds. The van der Waals surface area contributed by atoms with Gasteiger partial charge in [-0.15, -0.1) is 0 Å². The van der Waals surface area contributed by atoms with E-state index in [9.17, 15) is 0 Å². The van der Waals surface area contributed by atoms with Crippen molar-refractivity contribution in [2.45, 2.75) is 31.8 Å². The van der Waals surface area contributed by atoms with Crippen LogP contribution in [0.1, 0.15) is 36.6 Å². The molecule has 3 heterocycles. The van der Waals surface area contributed by atoms with Crippen LogP contribution in [0.2, 0.25) is 0 Å². The van der Waals surface area contributed by atoms with Crippen LogP contribution >= 0.6 is 0 Å². The molecule has 0 aliphatic carbocycles. The number of methoxy groups -OCH3 is 1. The van der Waals surface area contributed by atoms with Gasteiger partial charge in [0.2, 0.25) is 5.88 Å². The largest absolute Gasteiger partial charge is 0.481 e. The number of imidazole rings is 1. The summed E-state index contributed by atoms with van der Waals surface area (Å²) in [7, 11) is 1.63. The van der Waals surface area contributed by atoms with Crippen molar-refractivity contribution in [3.63, 3.8) is 0 Å². The summed E-state index contributed by atoms with van der Waals surface area (Å²) in [4.78, 5) is 8.55. The van der Waals surface area contributed by atoms with Crippen molar-refractivity contribution in [3.05, 3.63) is 42.1 Å². The van der Waals surface area contributed by atoms with Crippen molar-refractivity contribution in [1.82, 2.24) is 19.9 Å². The van der Waals surface area contributed by atoms with Gasteiger partial charge in [0.25, 0.3) is 0 Å². The molecular weight excluding hydrogens is 252 g/mol. The highest BCUT2D eigenvalue weighted by Gasteiger charge is 2.18. The van der Waals surface area contributed by atoms with Crippen LogP contribution in [0, 0.1) is 0 Å². The van der Waals surface area contributed by atoms with Gasteiger partial charge < -0.3 is 14.6 Å². The molecule has 0 saturated carbocycles. The molecule has 1 N–H and O–H groups in total. The van der Waals surface area contributed by atoms with E-state index in [0.717, 1.165) is 18.7 Å². The van der Waals surface area contributed by atoms with Crippen molar-refractivity contribution >= 4 is 0 Å². The predicted molar refractivity (Wildman–Crippen MR) is 76.7 cm³/mol. The van der Waals surface area contributed by atoms with Gasteiger partial charge in [-0.3, -0.25) is 0 Å². The monoisotopic (exact) mass is 272 g/mol. The molecule has 2 aromatic heterocycles. The van der Waals surface area contributed by atoms with Gasteiger partial charge in [0.15, 0.2) is 0 Å². The number of aromatic nitrogens is 3.